The number of carbonyl (C=O) groups is 1. The number of carbonyl (C=O) groups excluding carboxylic acids is 1. The van der Waals surface area contributed by atoms with Gasteiger partial charge in [0.05, 0.1) is 25.4 Å². The molecule has 462 valence electrons. The van der Waals surface area contributed by atoms with E-state index in [1.807, 2.05) is 0 Å². The molecule has 0 aromatic carbocycles. The van der Waals surface area contributed by atoms with E-state index in [2.05, 4.69) is 43.5 Å². The molecule has 9 heteroatoms. The summed E-state index contributed by atoms with van der Waals surface area (Å²) < 4.78 is 11.4. The Balaban J connectivity index is 2.05. The summed E-state index contributed by atoms with van der Waals surface area (Å²) in [5, 5.41) is 54.8. The standard InChI is InChI=1S/C69H133NO8/c1-3-5-7-9-11-13-15-17-19-21-23-24-25-26-27-28-29-30-31-32-33-34-35-36-37-38-39-40-41-43-45-47-49-51-53-55-57-59-65(73)70-62(61-77-69-68(76)67(75)66(74)64(60-71)78-69)63(72)58-56-54-52-50-48-46-44-42-22-20-18-16-14-12-10-8-6-4-2/h15,17,21,23,62-64,66-69,71-72,74-76H,3-14,16,18-20,22,24-61H2,1-2H3,(H,70,73)/b17-15-,23-21-. The molecule has 0 aromatic rings. The van der Waals surface area contributed by atoms with Crippen molar-refractivity contribution in [3.63, 3.8) is 0 Å². The van der Waals surface area contributed by atoms with Gasteiger partial charge < -0.3 is 40.3 Å². The van der Waals surface area contributed by atoms with Gasteiger partial charge in [-0.15, -0.1) is 0 Å². The van der Waals surface area contributed by atoms with Crippen LogP contribution in [0.2, 0.25) is 0 Å². The zero-order valence-electron chi connectivity index (χ0n) is 51.7. The Morgan fingerprint density at radius 1 is 0.436 bits per heavy atom. The van der Waals surface area contributed by atoms with Crippen LogP contribution in [0.3, 0.4) is 0 Å². The van der Waals surface area contributed by atoms with E-state index < -0.39 is 49.5 Å². The molecule has 7 unspecified atom stereocenters. The summed E-state index contributed by atoms with van der Waals surface area (Å²) in [6.07, 6.45) is 69.7. The zero-order chi connectivity index (χ0) is 56.5. The Labute approximate surface area is 483 Å². The lowest BCUT2D eigenvalue weighted by Gasteiger charge is -2.40. The second kappa shape index (κ2) is 58.9. The molecule has 9 nitrogen and oxygen atoms in total. The van der Waals surface area contributed by atoms with E-state index in [1.165, 1.54) is 283 Å². The SMILES string of the molecule is CCCCCCC/C=C\C/C=C\CCCCCCCCCCCCCCCCCCCCCCCCCCCC(=O)NC(COC1OC(CO)C(O)C(O)C1O)C(O)CCCCCCCCCCCCCCCCCCCC. The maximum absolute atomic E-state index is 13.1. The first-order valence-electron chi connectivity index (χ1n) is 34.5. The highest BCUT2D eigenvalue weighted by Gasteiger charge is 2.44. The van der Waals surface area contributed by atoms with Gasteiger partial charge in [-0.1, -0.05) is 327 Å². The van der Waals surface area contributed by atoms with Crippen LogP contribution in [0.25, 0.3) is 0 Å². The van der Waals surface area contributed by atoms with Crippen LogP contribution >= 0.6 is 0 Å². The third kappa shape index (κ3) is 47.2. The van der Waals surface area contributed by atoms with Gasteiger partial charge in [0, 0.05) is 6.42 Å². The third-order valence-electron chi connectivity index (χ3n) is 16.8. The third-order valence-corrected chi connectivity index (χ3v) is 16.8. The lowest BCUT2D eigenvalue weighted by atomic mass is 9.99. The van der Waals surface area contributed by atoms with E-state index >= 15 is 0 Å². The Kier molecular flexibility index (Phi) is 56.3. The quantitative estimate of drug-likeness (QED) is 0.0261. The fourth-order valence-corrected chi connectivity index (χ4v) is 11.4. The van der Waals surface area contributed by atoms with Gasteiger partial charge in [0.25, 0.3) is 0 Å². The van der Waals surface area contributed by atoms with Crippen molar-refractivity contribution in [1.82, 2.24) is 5.32 Å². The molecule has 1 rings (SSSR count). The number of rotatable bonds is 61. The summed E-state index contributed by atoms with van der Waals surface area (Å²) in [6, 6.07) is -0.716. The first kappa shape index (κ1) is 74.7. The van der Waals surface area contributed by atoms with Crippen LogP contribution in [0.5, 0.6) is 0 Å². The second-order valence-corrected chi connectivity index (χ2v) is 24.3. The Morgan fingerprint density at radius 3 is 1.10 bits per heavy atom. The molecule has 78 heavy (non-hydrogen) atoms. The van der Waals surface area contributed by atoms with Gasteiger partial charge in [-0.2, -0.15) is 0 Å². The number of hydrogen-bond donors (Lipinski definition) is 6. The summed E-state index contributed by atoms with van der Waals surface area (Å²) in [6.45, 7) is 3.88. The molecule has 1 fully saturated rings. The highest BCUT2D eigenvalue weighted by molar-refractivity contribution is 5.76. The maximum atomic E-state index is 13.1. The molecule has 1 aliphatic heterocycles. The molecule has 1 saturated heterocycles. The van der Waals surface area contributed by atoms with Crippen molar-refractivity contribution < 1.29 is 39.8 Å². The average molecular weight is 1100 g/mol. The molecule has 1 amide bonds. The van der Waals surface area contributed by atoms with Crippen molar-refractivity contribution in [3.05, 3.63) is 24.3 Å². The maximum Gasteiger partial charge on any atom is 0.220 e. The fraction of sp³-hybridized carbons (Fsp3) is 0.928. The van der Waals surface area contributed by atoms with Crippen molar-refractivity contribution in [3.8, 4) is 0 Å². The highest BCUT2D eigenvalue weighted by atomic mass is 16.7. The minimum absolute atomic E-state index is 0.132. The average Bonchev–Trinajstić information content (AvgIpc) is 3.45. The van der Waals surface area contributed by atoms with Gasteiger partial charge in [-0.25, -0.2) is 0 Å². The molecule has 0 radical (unpaired) electrons. The van der Waals surface area contributed by atoms with E-state index in [9.17, 15) is 30.3 Å². The molecule has 0 spiro atoms. The minimum atomic E-state index is -1.55. The van der Waals surface area contributed by atoms with E-state index in [4.69, 9.17) is 9.47 Å². The molecule has 1 aliphatic rings. The Bertz CT molecular complexity index is 1280. The summed E-state index contributed by atoms with van der Waals surface area (Å²) in [5.74, 6) is -0.136. The van der Waals surface area contributed by atoms with Gasteiger partial charge in [-0.05, 0) is 44.9 Å². The molecular formula is C69H133NO8. The Hall–Kier alpha value is -1.33. The summed E-state index contributed by atoms with van der Waals surface area (Å²) >= 11 is 0. The molecule has 0 saturated carbocycles. The van der Waals surface area contributed by atoms with Crippen molar-refractivity contribution >= 4 is 5.91 Å². The zero-order valence-corrected chi connectivity index (χ0v) is 51.7. The minimum Gasteiger partial charge on any atom is -0.394 e. The lowest BCUT2D eigenvalue weighted by Crippen LogP contribution is -2.60. The highest BCUT2D eigenvalue weighted by Crippen LogP contribution is 2.24. The van der Waals surface area contributed by atoms with Crippen LogP contribution in [0, 0.1) is 0 Å². The molecular weight excluding hydrogens is 971 g/mol. The molecule has 0 aliphatic carbocycles. The monoisotopic (exact) mass is 1100 g/mol. The first-order valence-corrected chi connectivity index (χ1v) is 34.5. The van der Waals surface area contributed by atoms with E-state index in [0.29, 0.717) is 12.8 Å². The van der Waals surface area contributed by atoms with Crippen LogP contribution in [-0.2, 0) is 14.3 Å². The largest absolute Gasteiger partial charge is 0.394 e. The number of hydrogen-bond acceptors (Lipinski definition) is 8. The topological polar surface area (TPSA) is 149 Å². The van der Waals surface area contributed by atoms with E-state index in [-0.39, 0.29) is 12.5 Å². The summed E-state index contributed by atoms with van der Waals surface area (Å²) in [4.78, 5) is 13.1. The molecule has 0 bridgehead atoms. The van der Waals surface area contributed by atoms with Crippen molar-refractivity contribution in [2.75, 3.05) is 13.2 Å². The lowest BCUT2D eigenvalue weighted by molar-refractivity contribution is -0.302. The van der Waals surface area contributed by atoms with E-state index in [1.54, 1.807) is 0 Å². The molecule has 1 heterocycles. The van der Waals surface area contributed by atoms with Crippen LogP contribution in [-0.4, -0.2) is 87.5 Å². The van der Waals surface area contributed by atoms with Crippen LogP contribution in [0.1, 0.15) is 354 Å². The number of aliphatic hydroxyl groups excluding tert-OH is 5. The van der Waals surface area contributed by atoms with Gasteiger partial charge in [0.15, 0.2) is 6.29 Å². The number of nitrogens with one attached hydrogen (secondary N) is 1. The number of allylic oxidation sites excluding steroid dienone is 4. The van der Waals surface area contributed by atoms with Crippen molar-refractivity contribution in [2.24, 2.45) is 0 Å². The summed E-state index contributed by atoms with van der Waals surface area (Å²) in [5.41, 5.74) is 0. The smallest absolute Gasteiger partial charge is 0.220 e. The molecule has 7 atom stereocenters. The van der Waals surface area contributed by atoms with Gasteiger partial charge in [-0.3, -0.25) is 4.79 Å². The number of amides is 1. The van der Waals surface area contributed by atoms with Gasteiger partial charge in [0.1, 0.15) is 24.4 Å². The predicted molar refractivity (Wildman–Crippen MR) is 332 cm³/mol. The van der Waals surface area contributed by atoms with Gasteiger partial charge in [0.2, 0.25) is 5.91 Å². The fourth-order valence-electron chi connectivity index (χ4n) is 11.4. The van der Waals surface area contributed by atoms with Crippen LogP contribution in [0.4, 0.5) is 0 Å². The normalized spacial score (nSPS) is 18.7. The molecule has 6 N–H and O–H groups in total. The first-order chi connectivity index (χ1) is 38.3. The second-order valence-electron chi connectivity index (χ2n) is 24.3. The molecule has 0 aromatic heterocycles. The number of unbranched alkanes of at least 4 members (excludes halogenated alkanes) is 47. The predicted octanol–water partition coefficient (Wildman–Crippen LogP) is 18.5. The van der Waals surface area contributed by atoms with Crippen molar-refractivity contribution in [2.45, 2.75) is 397 Å². The van der Waals surface area contributed by atoms with E-state index in [0.717, 1.165) is 44.9 Å². The van der Waals surface area contributed by atoms with Gasteiger partial charge >= 0.3 is 0 Å². The number of aliphatic hydroxyl groups is 5. The Morgan fingerprint density at radius 2 is 0.756 bits per heavy atom. The van der Waals surface area contributed by atoms with Crippen LogP contribution < -0.4 is 5.32 Å². The summed E-state index contributed by atoms with van der Waals surface area (Å²) in [7, 11) is 0. The number of ether oxygens (including phenoxy) is 2. The van der Waals surface area contributed by atoms with Crippen molar-refractivity contribution in [1.29, 1.82) is 0 Å². The van der Waals surface area contributed by atoms with Crippen LogP contribution in [0.15, 0.2) is 24.3 Å².